The Balaban J connectivity index is 1.14. The van der Waals surface area contributed by atoms with Gasteiger partial charge in [-0.2, -0.15) is 0 Å². The minimum atomic E-state index is -0.494. The van der Waals surface area contributed by atoms with Crippen LogP contribution < -0.4 is 11.1 Å². The summed E-state index contributed by atoms with van der Waals surface area (Å²) in [5, 5.41) is 8.66. The third kappa shape index (κ3) is 5.69. The Bertz CT molecular complexity index is 3250. The first-order chi connectivity index (χ1) is 28.9. The molecule has 1 unspecified atom stereocenters. The SMILES string of the molecule is CC1(C)c2ccccc2-c2cc3c4cc(-c5ccc6c(c5)c5ccccc5n6-c5ccccc5)ccc4n(C(/N=C(\N)c4ccccc4)NCc4ccccc4)c3cc21. The molecule has 0 amide bonds. The first-order valence-corrected chi connectivity index (χ1v) is 20.4. The minimum absolute atomic E-state index is 0.166. The average molecular weight is 762 g/mol. The number of nitrogens with one attached hydrogen (secondary N) is 1. The van der Waals surface area contributed by atoms with Crippen molar-refractivity contribution in [3.63, 3.8) is 0 Å². The van der Waals surface area contributed by atoms with Crippen LogP contribution >= 0.6 is 0 Å². The van der Waals surface area contributed by atoms with Crippen molar-refractivity contribution in [3.05, 3.63) is 210 Å². The molecular formula is C54H43N5. The van der Waals surface area contributed by atoms with E-state index in [1.54, 1.807) is 0 Å². The van der Waals surface area contributed by atoms with E-state index in [0.29, 0.717) is 12.4 Å². The van der Waals surface area contributed by atoms with E-state index in [9.17, 15) is 0 Å². The molecule has 0 aliphatic heterocycles. The van der Waals surface area contributed by atoms with E-state index < -0.39 is 6.29 Å². The van der Waals surface area contributed by atoms with Crippen molar-refractivity contribution < 1.29 is 0 Å². The van der Waals surface area contributed by atoms with Crippen molar-refractivity contribution in [3.8, 4) is 27.9 Å². The van der Waals surface area contributed by atoms with E-state index in [2.05, 4.69) is 186 Å². The second-order valence-corrected chi connectivity index (χ2v) is 16.2. The first-order valence-electron chi connectivity index (χ1n) is 20.4. The standard InChI is InChI=1S/C54H43N5/c1-54(2)46-24-14-12-22-40(46)42-32-45-44-31-38(37-26-28-49-43(30-37)41-23-13-15-25-48(41)58(49)39-20-10-5-11-21-39)27-29-50(44)59(51(45)33-47(42)54)53(56-34-35-16-6-3-7-17-35)57-52(55)36-18-8-4-9-19-36/h3-33,53,56H,34H2,1-2H3,(H2,55,57). The highest BCUT2D eigenvalue weighted by molar-refractivity contribution is 6.13. The lowest BCUT2D eigenvalue weighted by molar-refractivity contribution is 0.439. The normalized spacial score (nSPS) is 14.0. The van der Waals surface area contributed by atoms with Gasteiger partial charge in [-0.3, -0.25) is 5.32 Å². The Kier molecular flexibility index (Phi) is 8.14. The Labute approximate surface area is 343 Å². The van der Waals surface area contributed by atoms with Crippen molar-refractivity contribution in [1.82, 2.24) is 14.5 Å². The van der Waals surface area contributed by atoms with E-state index in [1.165, 1.54) is 66.0 Å². The molecule has 11 rings (SSSR count). The molecule has 1 aliphatic carbocycles. The van der Waals surface area contributed by atoms with Crippen LogP contribution in [0.5, 0.6) is 0 Å². The van der Waals surface area contributed by atoms with Gasteiger partial charge >= 0.3 is 0 Å². The third-order valence-corrected chi connectivity index (χ3v) is 12.4. The lowest BCUT2D eigenvalue weighted by atomic mass is 9.82. The molecule has 0 fully saturated rings. The summed E-state index contributed by atoms with van der Waals surface area (Å²) in [5.74, 6) is 0.486. The van der Waals surface area contributed by atoms with Crippen LogP contribution in [-0.2, 0) is 12.0 Å². The fraction of sp³-hybridized carbons (Fsp3) is 0.0926. The second-order valence-electron chi connectivity index (χ2n) is 16.2. The number of hydrogen-bond donors (Lipinski definition) is 2. The number of para-hydroxylation sites is 2. The minimum Gasteiger partial charge on any atom is -0.383 e. The number of benzene rings is 8. The second kappa shape index (κ2) is 13.7. The van der Waals surface area contributed by atoms with Crippen molar-refractivity contribution in [2.75, 3.05) is 0 Å². The molecule has 1 atom stereocenters. The molecule has 2 aromatic heterocycles. The molecule has 0 bridgehead atoms. The topological polar surface area (TPSA) is 60.3 Å². The lowest BCUT2D eigenvalue weighted by Crippen LogP contribution is -2.28. The maximum Gasteiger partial charge on any atom is 0.183 e. The summed E-state index contributed by atoms with van der Waals surface area (Å²) in [4.78, 5) is 5.29. The number of aromatic nitrogens is 2. The molecule has 10 aromatic rings. The Morgan fingerprint density at radius 2 is 1.14 bits per heavy atom. The molecule has 2 heterocycles. The molecule has 59 heavy (non-hydrogen) atoms. The predicted octanol–water partition coefficient (Wildman–Crippen LogP) is 12.5. The number of nitrogens with zero attached hydrogens (tertiary/aromatic N) is 3. The van der Waals surface area contributed by atoms with Crippen LogP contribution in [0.4, 0.5) is 0 Å². The van der Waals surface area contributed by atoms with Crippen molar-refractivity contribution in [2.24, 2.45) is 10.7 Å². The summed E-state index contributed by atoms with van der Waals surface area (Å²) >= 11 is 0. The van der Waals surface area contributed by atoms with Gasteiger partial charge in [-0.25, -0.2) is 4.99 Å². The monoisotopic (exact) mass is 761 g/mol. The summed E-state index contributed by atoms with van der Waals surface area (Å²) in [5.41, 5.74) is 22.1. The molecule has 1 aliphatic rings. The van der Waals surface area contributed by atoms with Gasteiger partial charge in [0.25, 0.3) is 0 Å². The van der Waals surface area contributed by atoms with E-state index in [-0.39, 0.29) is 5.41 Å². The van der Waals surface area contributed by atoms with Gasteiger partial charge in [-0.05, 0) is 93.5 Å². The number of aliphatic imine (C=N–C) groups is 1. The number of fused-ring (bicyclic) bond motifs is 9. The fourth-order valence-electron chi connectivity index (χ4n) is 9.51. The van der Waals surface area contributed by atoms with Crippen LogP contribution in [0.25, 0.3) is 71.6 Å². The first kappa shape index (κ1) is 35.0. The summed E-state index contributed by atoms with van der Waals surface area (Å²) in [6, 6.07) is 67.5. The zero-order chi connectivity index (χ0) is 39.7. The molecule has 0 saturated carbocycles. The molecule has 8 aromatic carbocycles. The van der Waals surface area contributed by atoms with Crippen molar-refractivity contribution in [1.29, 1.82) is 0 Å². The molecule has 284 valence electrons. The summed E-state index contributed by atoms with van der Waals surface area (Å²) < 4.78 is 4.73. The zero-order valence-corrected chi connectivity index (χ0v) is 33.1. The molecule has 3 N–H and O–H groups in total. The average Bonchev–Trinajstić information content (AvgIpc) is 3.87. The molecule has 5 nitrogen and oxygen atoms in total. The quantitative estimate of drug-likeness (QED) is 0.120. The smallest absolute Gasteiger partial charge is 0.183 e. The predicted molar refractivity (Wildman–Crippen MR) is 246 cm³/mol. The van der Waals surface area contributed by atoms with Gasteiger partial charge in [0.05, 0.1) is 22.1 Å². The van der Waals surface area contributed by atoms with Crippen LogP contribution in [0.2, 0.25) is 0 Å². The van der Waals surface area contributed by atoms with E-state index >= 15 is 0 Å². The maximum atomic E-state index is 6.87. The highest BCUT2D eigenvalue weighted by Gasteiger charge is 2.36. The van der Waals surface area contributed by atoms with Gasteiger partial charge in [0.15, 0.2) is 6.29 Å². The summed E-state index contributed by atoms with van der Waals surface area (Å²) in [6.45, 7) is 5.31. The number of rotatable bonds is 8. The Morgan fingerprint density at radius 3 is 1.90 bits per heavy atom. The maximum absolute atomic E-state index is 6.87. The van der Waals surface area contributed by atoms with E-state index in [4.69, 9.17) is 10.7 Å². The largest absolute Gasteiger partial charge is 0.383 e. The van der Waals surface area contributed by atoms with E-state index in [1.807, 2.05) is 30.3 Å². The van der Waals surface area contributed by atoms with Crippen molar-refractivity contribution >= 4 is 49.4 Å². The van der Waals surface area contributed by atoms with Gasteiger partial charge in [-0.15, -0.1) is 0 Å². The highest BCUT2D eigenvalue weighted by atomic mass is 15.3. The molecular weight excluding hydrogens is 719 g/mol. The van der Waals surface area contributed by atoms with Gasteiger partial charge in [-0.1, -0.05) is 147 Å². The van der Waals surface area contributed by atoms with Crippen LogP contribution in [0.3, 0.4) is 0 Å². The van der Waals surface area contributed by atoms with Gasteiger partial charge < -0.3 is 14.9 Å². The number of amidine groups is 1. The van der Waals surface area contributed by atoms with Gasteiger partial charge in [0.1, 0.15) is 5.84 Å². The van der Waals surface area contributed by atoms with Crippen LogP contribution in [0, 0.1) is 0 Å². The number of hydrogen-bond acceptors (Lipinski definition) is 2. The van der Waals surface area contributed by atoms with Crippen LogP contribution in [-0.4, -0.2) is 15.0 Å². The van der Waals surface area contributed by atoms with Gasteiger partial charge in [0, 0.05) is 44.8 Å². The van der Waals surface area contributed by atoms with E-state index in [0.717, 1.165) is 27.8 Å². The summed E-state index contributed by atoms with van der Waals surface area (Å²) in [6.07, 6.45) is -0.494. The summed E-state index contributed by atoms with van der Waals surface area (Å²) in [7, 11) is 0. The van der Waals surface area contributed by atoms with Crippen LogP contribution in [0.15, 0.2) is 193 Å². The Hall–Kier alpha value is -7.21. The molecule has 0 spiro atoms. The number of nitrogens with two attached hydrogens (primary N) is 1. The molecule has 0 radical (unpaired) electrons. The van der Waals surface area contributed by atoms with Gasteiger partial charge in [0.2, 0.25) is 0 Å². The van der Waals surface area contributed by atoms with Crippen LogP contribution in [0.1, 0.15) is 42.4 Å². The lowest BCUT2D eigenvalue weighted by Gasteiger charge is -2.23. The Morgan fingerprint density at radius 1 is 0.542 bits per heavy atom. The molecule has 0 saturated heterocycles. The molecule has 5 heteroatoms. The fourth-order valence-corrected chi connectivity index (χ4v) is 9.51. The third-order valence-electron chi connectivity index (χ3n) is 12.4. The zero-order valence-electron chi connectivity index (χ0n) is 33.1. The highest BCUT2D eigenvalue weighted by Crippen LogP contribution is 2.51. The van der Waals surface area contributed by atoms with Crippen molar-refractivity contribution in [2.45, 2.75) is 32.1 Å².